The van der Waals surface area contributed by atoms with E-state index in [1.165, 1.54) is 75.4 Å². The Morgan fingerprint density at radius 1 is 0.698 bits per heavy atom. The van der Waals surface area contributed by atoms with Crippen LogP contribution in [0.5, 0.6) is 0 Å². The normalized spacial score (nSPS) is 14.2. The Morgan fingerprint density at radius 2 is 1.44 bits per heavy atom. The molecule has 2 heterocycles. The summed E-state index contributed by atoms with van der Waals surface area (Å²) in [7, 11) is 0. The molecular formula is C40H36N2O. The van der Waals surface area contributed by atoms with Crippen LogP contribution < -0.4 is 0 Å². The molecule has 1 fully saturated rings. The summed E-state index contributed by atoms with van der Waals surface area (Å²) in [6.45, 7) is 11.0. The van der Waals surface area contributed by atoms with Gasteiger partial charge < -0.3 is 4.42 Å². The molecule has 0 spiro atoms. The number of nitrogens with zero attached hydrogens (tertiary/aromatic N) is 2. The quantitative estimate of drug-likeness (QED) is 0.202. The minimum absolute atomic E-state index is 0.653. The molecule has 0 unspecified atom stereocenters. The summed E-state index contributed by atoms with van der Waals surface area (Å²) in [4.78, 5) is 10.2. The van der Waals surface area contributed by atoms with Crippen LogP contribution in [0.25, 0.3) is 66.0 Å². The van der Waals surface area contributed by atoms with Crippen molar-refractivity contribution in [2.45, 2.75) is 66.2 Å². The molecule has 7 aromatic rings. The molecule has 1 aliphatic rings. The summed E-state index contributed by atoms with van der Waals surface area (Å²) in [6, 6.07) is 26.4. The molecule has 1 saturated carbocycles. The number of aryl methyl sites for hydroxylation is 5. The summed E-state index contributed by atoms with van der Waals surface area (Å²) < 4.78 is 6.72. The third kappa shape index (κ3) is 4.01. The second-order valence-corrected chi connectivity index (χ2v) is 12.7. The second kappa shape index (κ2) is 9.77. The number of aromatic nitrogens is 2. The van der Waals surface area contributed by atoms with Gasteiger partial charge in [0.2, 0.25) is 0 Å². The van der Waals surface area contributed by atoms with Crippen LogP contribution in [-0.2, 0) is 0 Å². The van der Waals surface area contributed by atoms with Gasteiger partial charge in [0, 0.05) is 27.1 Å². The minimum atomic E-state index is 0.653. The first kappa shape index (κ1) is 26.2. The zero-order chi connectivity index (χ0) is 29.4. The minimum Gasteiger partial charge on any atom is -0.455 e. The van der Waals surface area contributed by atoms with Crippen LogP contribution in [-0.4, -0.2) is 9.97 Å². The van der Waals surface area contributed by atoms with E-state index < -0.39 is 0 Å². The summed E-state index contributed by atoms with van der Waals surface area (Å²) in [5.74, 6) is 1.43. The van der Waals surface area contributed by atoms with Crippen LogP contribution in [0.15, 0.2) is 77.2 Å². The molecule has 43 heavy (non-hydrogen) atoms. The average molecular weight is 561 g/mol. The van der Waals surface area contributed by atoms with Crippen molar-refractivity contribution in [2.24, 2.45) is 0 Å². The van der Waals surface area contributed by atoms with E-state index >= 15 is 0 Å². The van der Waals surface area contributed by atoms with Gasteiger partial charge in [0.15, 0.2) is 0 Å². The second-order valence-electron chi connectivity index (χ2n) is 12.7. The molecule has 0 atom stereocenters. The van der Waals surface area contributed by atoms with E-state index in [1.807, 2.05) is 6.92 Å². The number of furan rings is 1. The number of hydrogen-bond donors (Lipinski definition) is 0. The van der Waals surface area contributed by atoms with Gasteiger partial charge in [-0.3, -0.25) is 0 Å². The van der Waals surface area contributed by atoms with Crippen LogP contribution in [0.3, 0.4) is 0 Å². The van der Waals surface area contributed by atoms with Gasteiger partial charge in [0.05, 0.1) is 11.2 Å². The lowest BCUT2D eigenvalue weighted by molar-refractivity contribution is 0.670. The Balaban J connectivity index is 1.37. The van der Waals surface area contributed by atoms with Gasteiger partial charge in [-0.15, -0.1) is 0 Å². The molecule has 3 heteroatoms. The summed E-state index contributed by atoms with van der Waals surface area (Å²) in [6.07, 6.45) is 5.24. The maximum atomic E-state index is 6.72. The van der Waals surface area contributed by atoms with Crippen molar-refractivity contribution in [3.63, 3.8) is 0 Å². The first-order valence-corrected chi connectivity index (χ1v) is 15.6. The van der Waals surface area contributed by atoms with Crippen molar-refractivity contribution in [1.29, 1.82) is 0 Å². The Hall–Kier alpha value is -4.50. The van der Waals surface area contributed by atoms with E-state index in [0.717, 1.165) is 49.9 Å². The standard InChI is InChI=1S/C40H36N2O/c1-22-10-8-11-23(2)35(22)29-16-18-30-31-14-9-15-33(40(31)43-34(30)21-29)38-32-19-17-28-20-24(3)36(27-12-6-7-13-27)25(4)37(28)39(32)42-26(5)41-38/h8-11,14-21,27H,6-7,12-13H2,1-5H3. The zero-order valence-electron chi connectivity index (χ0n) is 25.6. The summed E-state index contributed by atoms with van der Waals surface area (Å²) in [5, 5.41) is 5.84. The largest absolute Gasteiger partial charge is 0.455 e. The Morgan fingerprint density at radius 3 is 2.23 bits per heavy atom. The highest BCUT2D eigenvalue weighted by molar-refractivity contribution is 6.15. The van der Waals surface area contributed by atoms with Crippen molar-refractivity contribution >= 4 is 43.6 Å². The SMILES string of the molecule is Cc1nc(-c2cccc3c2oc2cc(-c4c(C)cccc4C)ccc23)c2ccc3cc(C)c(C4CCCC4)c(C)c3c2n1. The molecule has 0 amide bonds. The third-order valence-electron chi connectivity index (χ3n) is 9.88. The first-order chi connectivity index (χ1) is 20.9. The summed E-state index contributed by atoms with van der Waals surface area (Å²) >= 11 is 0. The molecule has 1 aliphatic carbocycles. The first-order valence-electron chi connectivity index (χ1n) is 15.6. The van der Waals surface area contributed by atoms with Gasteiger partial charge in [-0.2, -0.15) is 0 Å². The van der Waals surface area contributed by atoms with Crippen LogP contribution in [0.1, 0.15) is 65.2 Å². The fourth-order valence-electron chi connectivity index (χ4n) is 8.04. The highest BCUT2D eigenvalue weighted by Gasteiger charge is 2.24. The number of fused-ring (bicyclic) bond motifs is 6. The molecule has 5 aromatic carbocycles. The maximum Gasteiger partial charge on any atom is 0.144 e. The van der Waals surface area contributed by atoms with E-state index in [9.17, 15) is 0 Å². The van der Waals surface area contributed by atoms with Gasteiger partial charge in [0.25, 0.3) is 0 Å². The lowest BCUT2D eigenvalue weighted by Gasteiger charge is -2.20. The molecule has 212 valence electrons. The fraction of sp³-hybridized carbons (Fsp3) is 0.250. The molecule has 0 bridgehead atoms. The fourth-order valence-corrected chi connectivity index (χ4v) is 8.04. The number of hydrogen-bond acceptors (Lipinski definition) is 3. The van der Waals surface area contributed by atoms with Gasteiger partial charge in [0.1, 0.15) is 17.0 Å². The van der Waals surface area contributed by atoms with E-state index in [4.69, 9.17) is 14.4 Å². The van der Waals surface area contributed by atoms with Gasteiger partial charge in [-0.05, 0) is 122 Å². The molecule has 0 saturated heterocycles. The highest BCUT2D eigenvalue weighted by Crippen LogP contribution is 2.44. The van der Waals surface area contributed by atoms with E-state index in [2.05, 4.69) is 100 Å². The monoisotopic (exact) mass is 560 g/mol. The lowest BCUT2D eigenvalue weighted by atomic mass is 9.85. The topological polar surface area (TPSA) is 38.9 Å². The predicted octanol–water partition coefficient (Wildman–Crippen LogP) is 11.2. The molecule has 0 radical (unpaired) electrons. The molecule has 0 aliphatic heterocycles. The van der Waals surface area contributed by atoms with Crippen LogP contribution in [0.4, 0.5) is 0 Å². The Labute approximate surface area is 252 Å². The maximum absolute atomic E-state index is 6.72. The number of benzene rings is 5. The van der Waals surface area contributed by atoms with Crippen molar-refractivity contribution in [3.05, 3.63) is 106 Å². The molecular weight excluding hydrogens is 524 g/mol. The summed E-state index contributed by atoms with van der Waals surface area (Å²) in [5.41, 5.74) is 14.1. The van der Waals surface area contributed by atoms with Gasteiger partial charge in [-0.1, -0.05) is 61.4 Å². The predicted molar refractivity (Wildman–Crippen MR) is 180 cm³/mol. The zero-order valence-corrected chi connectivity index (χ0v) is 25.6. The van der Waals surface area contributed by atoms with Gasteiger partial charge in [-0.25, -0.2) is 9.97 Å². The average Bonchev–Trinajstić information content (AvgIpc) is 3.64. The Bertz CT molecular complexity index is 2230. The number of rotatable bonds is 3. The van der Waals surface area contributed by atoms with E-state index in [0.29, 0.717) is 5.92 Å². The molecule has 3 nitrogen and oxygen atoms in total. The molecule has 2 aromatic heterocycles. The van der Waals surface area contributed by atoms with Crippen LogP contribution >= 0.6 is 0 Å². The van der Waals surface area contributed by atoms with Crippen molar-refractivity contribution < 1.29 is 4.42 Å². The van der Waals surface area contributed by atoms with Crippen molar-refractivity contribution in [1.82, 2.24) is 9.97 Å². The van der Waals surface area contributed by atoms with Crippen LogP contribution in [0, 0.1) is 34.6 Å². The van der Waals surface area contributed by atoms with E-state index in [1.54, 1.807) is 0 Å². The highest BCUT2D eigenvalue weighted by atomic mass is 16.3. The molecule has 8 rings (SSSR count). The van der Waals surface area contributed by atoms with Crippen LogP contribution in [0.2, 0.25) is 0 Å². The van der Waals surface area contributed by atoms with Gasteiger partial charge >= 0.3 is 0 Å². The molecule has 0 N–H and O–H groups in total. The van der Waals surface area contributed by atoms with Crippen molar-refractivity contribution in [2.75, 3.05) is 0 Å². The van der Waals surface area contributed by atoms with E-state index in [-0.39, 0.29) is 0 Å². The third-order valence-corrected chi connectivity index (χ3v) is 9.88. The smallest absolute Gasteiger partial charge is 0.144 e. The number of para-hydroxylation sites is 1. The Kier molecular flexibility index (Phi) is 5.94. The van der Waals surface area contributed by atoms with Crippen molar-refractivity contribution in [3.8, 4) is 22.4 Å². The lowest BCUT2D eigenvalue weighted by Crippen LogP contribution is -2.02.